The summed E-state index contributed by atoms with van der Waals surface area (Å²) < 4.78 is 2.08. The number of nitrogens with zero attached hydrogens (tertiary/aromatic N) is 3. The van der Waals surface area contributed by atoms with Gasteiger partial charge in [-0.2, -0.15) is 0 Å². The molecule has 0 fully saturated rings. The molecule has 0 amide bonds. The second-order valence-electron chi connectivity index (χ2n) is 4.43. The molecule has 0 atom stereocenters. The summed E-state index contributed by atoms with van der Waals surface area (Å²) >= 11 is 0. The Morgan fingerprint density at radius 1 is 1.28 bits per heavy atom. The van der Waals surface area contributed by atoms with Gasteiger partial charge >= 0.3 is 0 Å². The first kappa shape index (κ1) is 12.9. The molecule has 0 aliphatic rings. The van der Waals surface area contributed by atoms with E-state index in [4.69, 9.17) is 0 Å². The molecule has 4 nitrogen and oxygen atoms in total. The maximum absolute atomic E-state index is 4.28. The van der Waals surface area contributed by atoms with E-state index in [0.717, 1.165) is 31.1 Å². The van der Waals surface area contributed by atoms with Crippen molar-refractivity contribution in [1.82, 2.24) is 14.3 Å². The van der Waals surface area contributed by atoms with Gasteiger partial charge in [-0.1, -0.05) is 19.9 Å². The van der Waals surface area contributed by atoms with E-state index in [1.807, 2.05) is 24.5 Å². The number of pyridine rings is 1. The summed E-state index contributed by atoms with van der Waals surface area (Å²) in [5.74, 6) is 1.11. The summed E-state index contributed by atoms with van der Waals surface area (Å²) in [4.78, 5) is 6.74. The Morgan fingerprint density at radius 3 is 2.94 bits per heavy atom. The highest BCUT2D eigenvalue weighted by Gasteiger charge is 2.02. The minimum Gasteiger partial charge on any atom is -0.370 e. The van der Waals surface area contributed by atoms with Crippen LogP contribution in [-0.4, -0.2) is 40.5 Å². The molecular formula is C14H22N4. The highest BCUT2D eigenvalue weighted by atomic mass is 15.2. The van der Waals surface area contributed by atoms with Crippen LogP contribution < -0.4 is 5.32 Å². The van der Waals surface area contributed by atoms with Gasteiger partial charge in [0.25, 0.3) is 0 Å². The third kappa shape index (κ3) is 3.01. The number of nitrogens with one attached hydrogen (secondary N) is 1. The summed E-state index contributed by atoms with van der Waals surface area (Å²) in [7, 11) is 0. The molecule has 2 aromatic heterocycles. The Balaban J connectivity index is 1.92. The predicted octanol–water partition coefficient (Wildman–Crippen LogP) is 2.48. The molecule has 0 aromatic carbocycles. The van der Waals surface area contributed by atoms with E-state index in [2.05, 4.69) is 39.5 Å². The fraction of sp³-hybridized carbons (Fsp3) is 0.500. The van der Waals surface area contributed by atoms with E-state index in [-0.39, 0.29) is 0 Å². The lowest BCUT2D eigenvalue weighted by Crippen LogP contribution is -2.29. The maximum Gasteiger partial charge on any atom is 0.138 e. The van der Waals surface area contributed by atoms with Crippen LogP contribution in [0, 0.1) is 0 Å². The van der Waals surface area contributed by atoms with Crippen molar-refractivity contribution in [2.24, 2.45) is 0 Å². The van der Waals surface area contributed by atoms with Crippen LogP contribution in [0.3, 0.4) is 0 Å². The van der Waals surface area contributed by atoms with Crippen molar-refractivity contribution in [3.8, 4) is 0 Å². The van der Waals surface area contributed by atoms with Gasteiger partial charge in [-0.25, -0.2) is 4.98 Å². The van der Waals surface area contributed by atoms with Crippen molar-refractivity contribution in [1.29, 1.82) is 0 Å². The zero-order valence-electron chi connectivity index (χ0n) is 11.3. The summed E-state index contributed by atoms with van der Waals surface area (Å²) in [5, 5.41) is 3.48. The van der Waals surface area contributed by atoms with Crippen LogP contribution in [0.4, 0.5) is 5.82 Å². The van der Waals surface area contributed by atoms with E-state index < -0.39 is 0 Å². The fourth-order valence-electron chi connectivity index (χ4n) is 2.18. The summed E-state index contributed by atoms with van der Waals surface area (Å²) in [6, 6.07) is 6.14. The summed E-state index contributed by atoms with van der Waals surface area (Å²) in [6.45, 7) is 8.77. The number of anilines is 1. The third-order valence-corrected chi connectivity index (χ3v) is 3.15. The average molecular weight is 246 g/mol. The van der Waals surface area contributed by atoms with Crippen molar-refractivity contribution >= 4 is 11.5 Å². The number of aromatic nitrogens is 2. The second kappa shape index (κ2) is 6.40. The molecule has 4 heteroatoms. The molecule has 98 valence electrons. The molecule has 0 saturated heterocycles. The monoisotopic (exact) mass is 246 g/mol. The molecule has 0 spiro atoms. The SMILES string of the molecule is CCCN(CC)CCNc1cccc2nccn12. The van der Waals surface area contributed by atoms with E-state index in [1.54, 1.807) is 0 Å². The Bertz CT molecular complexity index is 477. The van der Waals surface area contributed by atoms with Crippen LogP contribution in [0.1, 0.15) is 20.3 Å². The van der Waals surface area contributed by atoms with Gasteiger partial charge in [-0.15, -0.1) is 0 Å². The van der Waals surface area contributed by atoms with Gasteiger partial charge in [0.15, 0.2) is 0 Å². The van der Waals surface area contributed by atoms with E-state index in [1.165, 1.54) is 13.0 Å². The van der Waals surface area contributed by atoms with E-state index >= 15 is 0 Å². The molecule has 18 heavy (non-hydrogen) atoms. The van der Waals surface area contributed by atoms with Crippen LogP contribution in [0.25, 0.3) is 5.65 Å². The molecule has 2 heterocycles. The Morgan fingerprint density at radius 2 is 2.17 bits per heavy atom. The van der Waals surface area contributed by atoms with Crippen molar-refractivity contribution in [2.75, 3.05) is 31.5 Å². The molecule has 0 unspecified atom stereocenters. The van der Waals surface area contributed by atoms with Gasteiger partial charge in [0.05, 0.1) is 0 Å². The lowest BCUT2D eigenvalue weighted by atomic mass is 10.4. The molecule has 0 saturated carbocycles. The molecule has 0 aliphatic carbocycles. The molecule has 0 bridgehead atoms. The van der Waals surface area contributed by atoms with Gasteiger partial charge in [0.1, 0.15) is 11.5 Å². The molecule has 2 aromatic rings. The number of imidazole rings is 1. The Hall–Kier alpha value is -1.55. The molecular weight excluding hydrogens is 224 g/mol. The minimum atomic E-state index is 0.963. The molecule has 0 aliphatic heterocycles. The normalized spacial score (nSPS) is 11.3. The second-order valence-corrected chi connectivity index (χ2v) is 4.43. The largest absolute Gasteiger partial charge is 0.370 e. The predicted molar refractivity (Wildman–Crippen MR) is 76.1 cm³/mol. The Labute approximate surface area is 109 Å². The minimum absolute atomic E-state index is 0.963. The first-order valence-corrected chi connectivity index (χ1v) is 6.73. The van der Waals surface area contributed by atoms with Crippen LogP contribution >= 0.6 is 0 Å². The molecule has 1 N–H and O–H groups in total. The van der Waals surface area contributed by atoms with Crippen molar-refractivity contribution in [3.63, 3.8) is 0 Å². The van der Waals surface area contributed by atoms with Crippen LogP contribution in [-0.2, 0) is 0 Å². The highest BCUT2D eigenvalue weighted by Crippen LogP contribution is 2.10. The fourth-order valence-corrected chi connectivity index (χ4v) is 2.18. The number of rotatable bonds is 7. The number of fused-ring (bicyclic) bond motifs is 1. The van der Waals surface area contributed by atoms with Gasteiger partial charge in [-0.05, 0) is 31.6 Å². The summed E-state index contributed by atoms with van der Waals surface area (Å²) in [5.41, 5.74) is 0.987. The quantitative estimate of drug-likeness (QED) is 0.814. The molecule has 0 radical (unpaired) electrons. The van der Waals surface area contributed by atoms with Gasteiger partial charge in [-0.3, -0.25) is 4.40 Å². The first-order chi connectivity index (χ1) is 8.85. The van der Waals surface area contributed by atoms with E-state index in [9.17, 15) is 0 Å². The lowest BCUT2D eigenvalue weighted by Gasteiger charge is -2.20. The van der Waals surface area contributed by atoms with Crippen molar-refractivity contribution < 1.29 is 0 Å². The zero-order chi connectivity index (χ0) is 12.8. The van der Waals surface area contributed by atoms with Crippen LogP contribution in [0.2, 0.25) is 0 Å². The Kier molecular flexibility index (Phi) is 4.59. The first-order valence-electron chi connectivity index (χ1n) is 6.73. The average Bonchev–Trinajstić information content (AvgIpc) is 2.86. The van der Waals surface area contributed by atoms with Crippen molar-refractivity contribution in [2.45, 2.75) is 20.3 Å². The lowest BCUT2D eigenvalue weighted by molar-refractivity contribution is 0.300. The smallest absolute Gasteiger partial charge is 0.138 e. The zero-order valence-corrected chi connectivity index (χ0v) is 11.3. The molecule has 2 rings (SSSR count). The van der Waals surface area contributed by atoms with Crippen LogP contribution in [0.5, 0.6) is 0 Å². The number of hydrogen-bond acceptors (Lipinski definition) is 3. The van der Waals surface area contributed by atoms with Crippen molar-refractivity contribution in [3.05, 3.63) is 30.6 Å². The highest BCUT2D eigenvalue weighted by molar-refractivity contribution is 5.49. The third-order valence-electron chi connectivity index (χ3n) is 3.15. The van der Waals surface area contributed by atoms with E-state index in [0.29, 0.717) is 0 Å². The number of likely N-dealkylation sites (N-methyl/N-ethyl adjacent to an activating group) is 1. The van der Waals surface area contributed by atoms with Gasteiger partial charge in [0, 0.05) is 25.5 Å². The number of hydrogen-bond donors (Lipinski definition) is 1. The van der Waals surface area contributed by atoms with Crippen LogP contribution in [0.15, 0.2) is 30.6 Å². The van der Waals surface area contributed by atoms with Gasteiger partial charge < -0.3 is 10.2 Å². The van der Waals surface area contributed by atoms with Gasteiger partial charge in [0.2, 0.25) is 0 Å². The maximum atomic E-state index is 4.28. The topological polar surface area (TPSA) is 32.6 Å². The summed E-state index contributed by atoms with van der Waals surface area (Å²) in [6.07, 6.45) is 5.03. The standard InChI is InChI=1S/C14H22N4/c1-3-10-17(4-2)11-8-15-13-6-5-7-14-16-9-12-18(13)14/h5-7,9,12,15H,3-4,8,10-11H2,1-2H3.